The van der Waals surface area contributed by atoms with E-state index >= 15 is 0 Å². The summed E-state index contributed by atoms with van der Waals surface area (Å²) in [6.07, 6.45) is 1.60. The van der Waals surface area contributed by atoms with Crippen molar-refractivity contribution >= 4 is 17.4 Å². The number of hydrogen-bond donors (Lipinski definition) is 0. The first-order valence-corrected chi connectivity index (χ1v) is 7.56. The first-order valence-electron chi connectivity index (χ1n) is 7.18. The number of aromatic nitrogens is 2. The fourth-order valence-corrected chi connectivity index (χ4v) is 2.65. The van der Waals surface area contributed by atoms with Crippen LogP contribution in [0, 0.1) is 0 Å². The van der Waals surface area contributed by atoms with Gasteiger partial charge in [-0.05, 0) is 17.7 Å². The van der Waals surface area contributed by atoms with Crippen molar-refractivity contribution in [1.29, 1.82) is 0 Å². The topological polar surface area (TPSA) is 47.5 Å². The summed E-state index contributed by atoms with van der Waals surface area (Å²) in [7, 11) is 1.66. The fourth-order valence-electron chi connectivity index (χ4n) is 2.52. The summed E-state index contributed by atoms with van der Waals surface area (Å²) in [6.45, 7) is 2.72. The van der Waals surface area contributed by atoms with Gasteiger partial charge >= 0.3 is 0 Å². The zero-order valence-electron chi connectivity index (χ0n) is 12.4. The Morgan fingerprint density at radius 3 is 2.91 bits per heavy atom. The molecule has 1 aromatic carbocycles. The SMILES string of the molecule is COCc1cc(N2CCO[C@H](c3ccc(Cl)cc3)C2)ncn1. The van der Waals surface area contributed by atoms with Crippen molar-refractivity contribution in [2.24, 2.45) is 0 Å². The Morgan fingerprint density at radius 1 is 1.32 bits per heavy atom. The van der Waals surface area contributed by atoms with Crippen LogP contribution >= 0.6 is 11.6 Å². The largest absolute Gasteiger partial charge is 0.378 e. The number of methoxy groups -OCH3 is 1. The highest BCUT2D eigenvalue weighted by atomic mass is 35.5. The molecule has 0 amide bonds. The average Bonchev–Trinajstić information content (AvgIpc) is 2.56. The molecule has 22 heavy (non-hydrogen) atoms. The number of rotatable bonds is 4. The molecule has 1 aromatic heterocycles. The summed E-state index contributed by atoms with van der Waals surface area (Å²) >= 11 is 5.94. The minimum absolute atomic E-state index is 0.0202. The van der Waals surface area contributed by atoms with E-state index in [2.05, 4.69) is 14.9 Å². The first-order chi connectivity index (χ1) is 10.8. The molecule has 1 fully saturated rings. The normalized spacial score (nSPS) is 18.5. The van der Waals surface area contributed by atoms with Crippen LogP contribution in [0.1, 0.15) is 17.4 Å². The molecule has 0 N–H and O–H groups in total. The molecule has 5 nitrogen and oxygen atoms in total. The number of anilines is 1. The maximum atomic E-state index is 5.94. The molecule has 0 saturated carbocycles. The van der Waals surface area contributed by atoms with Crippen LogP contribution in [0.3, 0.4) is 0 Å². The van der Waals surface area contributed by atoms with E-state index in [1.165, 1.54) is 0 Å². The number of nitrogens with zero attached hydrogens (tertiary/aromatic N) is 3. The maximum absolute atomic E-state index is 5.94. The lowest BCUT2D eigenvalue weighted by molar-refractivity contribution is 0.0395. The van der Waals surface area contributed by atoms with Crippen LogP contribution < -0.4 is 4.90 Å². The summed E-state index contributed by atoms with van der Waals surface area (Å²) in [5.41, 5.74) is 2.00. The molecule has 1 aliphatic rings. The van der Waals surface area contributed by atoms with E-state index in [0.29, 0.717) is 13.2 Å². The lowest BCUT2D eigenvalue weighted by Crippen LogP contribution is -2.38. The number of hydrogen-bond acceptors (Lipinski definition) is 5. The molecule has 0 radical (unpaired) electrons. The highest BCUT2D eigenvalue weighted by Crippen LogP contribution is 2.26. The van der Waals surface area contributed by atoms with Crippen LogP contribution in [0.15, 0.2) is 36.7 Å². The third kappa shape index (κ3) is 3.55. The zero-order valence-corrected chi connectivity index (χ0v) is 13.2. The van der Waals surface area contributed by atoms with Gasteiger partial charge in [0.2, 0.25) is 0 Å². The van der Waals surface area contributed by atoms with Crippen LogP contribution in [-0.4, -0.2) is 36.8 Å². The Labute approximate surface area is 134 Å². The van der Waals surface area contributed by atoms with Crippen LogP contribution in [0.5, 0.6) is 0 Å². The Balaban J connectivity index is 1.75. The van der Waals surface area contributed by atoms with E-state index in [4.69, 9.17) is 21.1 Å². The van der Waals surface area contributed by atoms with Crippen molar-refractivity contribution in [2.45, 2.75) is 12.7 Å². The molecule has 116 valence electrons. The van der Waals surface area contributed by atoms with Crippen LogP contribution in [0.4, 0.5) is 5.82 Å². The minimum Gasteiger partial charge on any atom is -0.378 e. The molecule has 0 aliphatic carbocycles. The van der Waals surface area contributed by atoms with Crippen molar-refractivity contribution in [3.8, 4) is 0 Å². The van der Waals surface area contributed by atoms with Gasteiger partial charge in [-0.2, -0.15) is 0 Å². The van der Waals surface area contributed by atoms with E-state index < -0.39 is 0 Å². The van der Waals surface area contributed by atoms with Gasteiger partial charge in [0.15, 0.2) is 0 Å². The highest BCUT2D eigenvalue weighted by Gasteiger charge is 2.23. The van der Waals surface area contributed by atoms with Gasteiger partial charge in [-0.15, -0.1) is 0 Å². The van der Waals surface area contributed by atoms with E-state index in [1.807, 2.05) is 30.3 Å². The maximum Gasteiger partial charge on any atom is 0.132 e. The lowest BCUT2D eigenvalue weighted by atomic mass is 10.1. The molecule has 2 heterocycles. The third-order valence-corrected chi connectivity index (χ3v) is 3.89. The molecule has 1 aliphatic heterocycles. The van der Waals surface area contributed by atoms with Gasteiger partial charge in [0, 0.05) is 31.3 Å². The van der Waals surface area contributed by atoms with Gasteiger partial charge in [0.1, 0.15) is 18.2 Å². The van der Waals surface area contributed by atoms with Gasteiger partial charge in [-0.3, -0.25) is 0 Å². The second kappa shape index (κ2) is 7.05. The molecule has 1 saturated heterocycles. The van der Waals surface area contributed by atoms with Crippen molar-refractivity contribution in [1.82, 2.24) is 9.97 Å². The second-order valence-corrected chi connectivity index (χ2v) is 5.59. The predicted octanol–water partition coefficient (Wildman–Crippen LogP) is 2.85. The van der Waals surface area contributed by atoms with Gasteiger partial charge in [0.25, 0.3) is 0 Å². The van der Waals surface area contributed by atoms with E-state index in [-0.39, 0.29) is 6.10 Å². The van der Waals surface area contributed by atoms with Gasteiger partial charge in [-0.25, -0.2) is 9.97 Å². The van der Waals surface area contributed by atoms with E-state index in [1.54, 1.807) is 13.4 Å². The van der Waals surface area contributed by atoms with Crippen LogP contribution in [0.25, 0.3) is 0 Å². The van der Waals surface area contributed by atoms with E-state index in [9.17, 15) is 0 Å². The molecule has 6 heteroatoms. The predicted molar refractivity (Wildman–Crippen MR) is 85.1 cm³/mol. The van der Waals surface area contributed by atoms with Crippen molar-refractivity contribution < 1.29 is 9.47 Å². The average molecular weight is 320 g/mol. The summed E-state index contributed by atoms with van der Waals surface area (Å²) in [5, 5.41) is 0.733. The molecule has 0 spiro atoms. The van der Waals surface area contributed by atoms with Crippen LogP contribution in [-0.2, 0) is 16.1 Å². The zero-order chi connectivity index (χ0) is 15.4. The van der Waals surface area contributed by atoms with Crippen molar-refractivity contribution in [2.75, 3.05) is 31.7 Å². The van der Waals surface area contributed by atoms with Gasteiger partial charge in [0.05, 0.1) is 18.9 Å². The quantitative estimate of drug-likeness (QED) is 0.867. The Kier molecular flexibility index (Phi) is 4.87. The molecule has 3 rings (SSSR count). The van der Waals surface area contributed by atoms with Crippen LogP contribution in [0.2, 0.25) is 5.02 Å². The number of benzene rings is 1. The molecular formula is C16H18ClN3O2. The summed E-state index contributed by atoms with van der Waals surface area (Å²) < 4.78 is 11.0. The second-order valence-electron chi connectivity index (χ2n) is 5.16. The van der Waals surface area contributed by atoms with Gasteiger partial charge in [-0.1, -0.05) is 23.7 Å². The number of ether oxygens (including phenoxy) is 2. The third-order valence-electron chi connectivity index (χ3n) is 3.63. The monoisotopic (exact) mass is 319 g/mol. The Hall–Kier alpha value is -1.69. The molecule has 2 aromatic rings. The number of morpholine rings is 1. The Morgan fingerprint density at radius 2 is 2.14 bits per heavy atom. The van der Waals surface area contributed by atoms with Crippen molar-refractivity contribution in [3.63, 3.8) is 0 Å². The molecule has 1 atom stereocenters. The van der Waals surface area contributed by atoms with Gasteiger partial charge < -0.3 is 14.4 Å². The molecular weight excluding hydrogens is 302 g/mol. The summed E-state index contributed by atoms with van der Waals surface area (Å²) in [6, 6.07) is 9.76. The fraction of sp³-hybridized carbons (Fsp3) is 0.375. The van der Waals surface area contributed by atoms with E-state index in [0.717, 1.165) is 35.2 Å². The van der Waals surface area contributed by atoms with Crippen molar-refractivity contribution in [3.05, 3.63) is 52.9 Å². The highest BCUT2D eigenvalue weighted by molar-refractivity contribution is 6.30. The molecule has 0 bridgehead atoms. The minimum atomic E-state index is 0.0202. The number of halogens is 1. The summed E-state index contributed by atoms with van der Waals surface area (Å²) in [4.78, 5) is 10.8. The Bertz CT molecular complexity index is 621. The lowest BCUT2D eigenvalue weighted by Gasteiger charge is -2.34. The molecule has 0 unspecified atom stereocenters. The summed E-state index contributed by atoms with van der Waals surface area (Å²) in [5.74, 6) is 0.907. The smallest absolute Gasteiger partial charge is 0.132 e. The first kappa shape index (κ1) is 15.2. The standard InChI is InChI=1S/C16H18ClN3O2/c1-21-10-14-8-16(19-11-18-14)20-6-7-22-15(9-20)12-2-4-13(17)5-3-12/h2-5,8,11,15H,6-7,9-10H2,1H3/t15-/m0/s1.